The zero-order chi connectivity index (χ0) is 17.9. The van der Waals surface area contributed by atoms with E-state index in [0.29, 0.717) is 10.6 Å². The molecule has 9 heteroatoms. The summed E-state index contributed by atoms with van der Waals surface area (Å²) in [6.07, 6.45) is 0. The van der Waals surface area contributed by atoms with Crippen LogP contribution in [0.25, 0.3) is 10.7 Å². The van der Waals surface area contributed by atoms with Crippen molar-refractivity contribution < 1.29 is 8.42 Å². The number of aromatic nitrogens is 3. The lowest BCUT2D eigenvalue weighted by Crippen LogP contribution is -2.09. The highest BCUT2D eigenvalue weighted by Gasteiger charge is 2.17. The first-order valence-corrected chi connectivity index (χ1v) is 11.9. The van der Waals surface area contributed by atoms with Gasteiger partial charge in [-0.1, -0.05) is 33.8 Å². The standard InChI is InChI=1S/C16H16BrN3O2S3/c1-2-20-15(14-4-3-9-23-14)18-19-16(20)24-10-11-25(21,22)13-7-5-12(17)6-8-13/h3-9H,2,10-11H2,1H3. The molecular formula is C16H16BrN3O2S3. The number of nitrogens with zero attached hydrogens (tertiary/aromatic N) is 3. The van der Waals surface area contributed by atoms with Crippen LogP contribution in [0.3, 0.4) is 0 Å². The largest absolute Gasteiger partial charge is 0.302 e. The Labute approximate surface area is 163 Å². The Morgan fingerprint density at radius 3 is 2.60 bits per heavy atom. The van der Waals surface area contributed by atoms with Gasteiger partial charge < -0.3 is 4.57 Å². The molecule has 0 saturated heterocycles. The monoisotopic (exact) mass is 457 g/mol. The van der Waals surface area contributed by atoms with E-state index in [0.717, 1.165) is 26.9 Å². The second-order valence-corrected chi connectivity index (χ2v) is 10.2. The van der Waals surface area contributed by atoms with E-state index >= 15 is 0 Å². The Balaban J connectivity index is 1.69. The molecule has 0 aliphatic rings. The Hall–Kier alpha value is -1.16. The molecule has 0 unspecified atom stereocenters. The van der Waals surface area contributed by atoms with Crippen molar-refractivity contribution in [3.05, 3.63) is 46.3 Å². The van der Waals surface area contributed by atoms with Crippen LogP contribution < -0.4 is 0 Å². The summed E-state index contributed by atoms with van der Waals surface area (Å²) in [6, 6.07) is 10.7. The molecule has 3 rings (SSSR count). The summed E-state index contributed by atoms with van der Waals surface area (Å²) in [4.78, 5) is 1.40. The van der Waals surface area contributed by atoms with Crippen LogP contribution in [0, 0.1) is 0 Å². The maximum atomic E-state index is 12.4. The maximum Gasteiger partial charge on any atom is 0.191 e. The quantitative estimate of drug-likeness (QED) is 0.493. The fourth-order valence-electron chi connectivity index (χ4n) is 2.27. The Morgan fingerprint density at radius 2 is 1.96 bits per heavy atom. The summed E-state index contributed by atoms with van der Waals surface area (Å²) in [7, 11) is -3.30. The molecule has 2 heterocycles. The molecule has 0 aliphatic heterocycles. The average molecular weight is 458 g/mol. The predicted molar refractivity (Wildman–Crippen MR) is 106 cm³/mol. The summed E-state index contributed by atoms with van der Waals surface area (Å²) >= 11 is 6.35. The van der Waals surface area contributed by atoms with Gasteiger partial charge in [0.25, 0.3) is 0 Å². The predicted octanol–water partition coefficient (Wildman–Crippen LogP) is 4.36. The van der Waals surface area contributed by atoms with Gasteiger partial charge in [-0.25, -0.2) is 8.42 Å². The molecule has 0 spiro atoms. The molecule has 3 aromatic rings. The van der Waals surface area contributed by atoms with Gasteiger partial charge in [0.2, 0.25) is 0 Å². The zero-order valence-corrected chi connectivity index (χ0v) is 17.5. The van der Waals surface area contributed by atoms with Gasteiger partial charge in [0.15, 0.2) is 20.8 Å². The van der Waals surface area contributed by atoms with Crippen LogP contribution in [0.1, 0.15) is 6.92 Å². The molecule has 25 heavy (non-hydrogen) atoms. The van der Waals surface area contributed by atoms with Gasteiger partial charge in [0.05, 0.1) is 15.5 Å². The van der Waals surface area contributed by atoms with Crippen molar-refractivity contribution in [1.82, 2.24) is 14.8 Å². The highest BCUT2D eigenvalue weighted by molar-refractivity contribution is 9.10. The Bertz CT molecular complexity index is 936. The Kier molecular flexibility index (Phi) is 5.98. The van der Waals surface area contributed by atoms with E-state index in [1.165, 1.54) is 11.8 Å². The van der Waals surface area contributed by atoms with Gasteiger partial charge in [0, 0.05) is 16.8 Å². The van der Waals surface area contributed by atoms with Crippen molar-refractivity contribution in [2.75, 3.05) is 11.5 Å². The third-order valence-electron chi connectivity index (χ3n) is 3.53. The maximum absolute atomic E-state index is 12.4. The van der Waals surface area contributed by atoms with Crippen LogP contribution in [-0.4, -0.2) is 34.7 Å². The molecule has 2 aromatic heterocycles. The molecule has 0 radical (unpaired) electrons. The first kappa shape index (κ1) is 18.6. The third-order valence-corrected chi connectivity index (χ3v) is 7.88. The van der Waals surface area contributed by atoms with Crippen LogP contribution in [0.4, 0.5) is 0 Å². The van der Waals surface area contributed by atoms with Crippen molar-refractivity contribution in [1.29, 1.82) is 0 Å². The van der Waals surface area contributed by atoms with E-state index in [1.54, 1.807) is 35.6 Å². The molecule has 132 valence electrons. The molecular weight excluding hydrogens is 442 g/mol. The fraction of sp³-hybridized carbons (Fsp3) is 0.250. The zero-order valence-electron chi connectivity index (χ0n) is 13.4. The van der Waals surface area contributed by atoms with Gasteiger partial charge in [-0.15, -0.1) is 21.5 Å². The van der Waals surface area contributed by atoms with Crippen LogP contribution in [0.2, 0.25) is 0 Å². The van der Waals surface area contributed by atoms with Crippen LogP contribution >= 0.6 is 39.0 Å². The highest BCUT2D eigenvalue weighted by Crippen LogP contribution is 2.27. The third kappa shape index (κ3) is 4.33. The SMILES string of the molecule is CCn1c(SCCS(=O)(=O)c2ccc(Br)cc2)nnc1-c1cccs1. The summed E-state index contributed by atoms with van der Waals surface area (Å²) in [5, 5.41) is 11.2. The number of rotatable bonds is 7. The van der Waals surface area contributed by atoms with Crippen molar-refractivity contribution >= 4 is 48.9 Å². The fourth-order valence-corrected chi connectivity index (χ4v) is 5.90. The van der Waals surface area contributed by atoms with Gasteiger partial charge in [-0.05, 0) is 42.6 Å². The van der Waals surface area contributed by atoms with Crippen molar-refractivity contribution in [2.24, 2.45) is 0 Å². The van der Waals surface area contributed by atoms with Gasteiger partial charge in [-0.2, -0.15) is 0 Å². The smallest absolute Gasteiger partial charge is 0.191 e. The lowest BCUT2D eigenvalue weighted by Gasteiger charge is -2.07. The highest BCUT2D eigenvalue weighted by atomic mass is 79.9. The minimum atomic E-state index is -3.30. The second-order valence-electron chi connectivity index (χ2n) is 5.15. The normalized spacial score (nSPS) is 11.8. The number of thioether (sulfide) groups is 1. The molecule has 0 N–H and O–H groups in total. The number of sulfone groups is 1. The van der Waals surface area contributed by atoms with Gasteiger partial charge in [0.1, 0.15) is 0 Å². The van der Waals surface area contributed by atoms with Crippen molar-refractivity contribution in [3.8, 4) is 10.7 Å². The van der Waals surface area contributed by atoms with Crippen molar-refractivity contribution in [2.45, 2.75) is 23.5 Å². The van der Waals surface area contributed by atoms with E-state index in [-0.39, 0.29) is 5.75 Å². The number of halogens is 1. The molecule has 0 atom stereocenters. The van der Waals surface area contributed by atoms with Crippen molar-refractivity contribution in [3.63, 3.8) is 0 Å². The molecule has 0 amide bonds. The molecule has 0 saturated carbocycles. The first-order valence-electron chi connectivity index (χ1n) is 7.59. The first-order chi connectivity index (χ1) is 12.0. The topological polar surface area (TPSA) is 64.8 Å². The molecule has 0 bridgehead atoms. The van der Waals surface area contributed by atoms with Crippen LogP contribution in [-0.2, 0) is 16.4 Å². The summed E-state index contributed by atoms with van der Waals surface area (Å²) in [5.74, 6) is 1.32. The molecule has 5 nitrogen and oxygen atoms in total. The lowest BCUT2D eigenvalue weighted by molar-refractivity contribution is 0.597. The van der Waals surface area contributed by atoms with Crippen LogP contribution in [0.15, 0.2) is 56.3 Å². The summed E-state index contributed by atoms with van der Waals surface area (Å²) in [6.45, 7) is 2.77. The second kappa shape index (κ2) is 8.03. The van der Waals surface area contributed by atoms with Gasteiger partial charge >= 0.3 is 0 Å². The Morgan fingerprint density at radius 1 is 1.20 bits per heavy atom. The van der Waals surface area contributed by atoms with E-state index in [2.05, 4.69) is 26.1 Å². The summed E-state index contributed by atoms with van der Waals surface area (Å²) in [5.41, 5.74) is 0. The average Bonchev–Trinajstić information content (AvgIpc) is 3.24. The lowest BCUT2D eigenvalue weighted by atomic mass is 10.4. The molecule has 1 aromatic carbocycles. The number of hydrogen-bond donors (Lipinski definition) is 0. The van der Waals surface area contributed by atoms with Crippen LogP contribution in [0.5, 0.6) is 0 Å². The minimum Gasteiger partial charge on any atom is -0.302 e. The van der Waals surface area contributed by atoms with E-state index in [9.17, 15) is 8.42 Å². The van der Waals surface area contributed by atoms with E-state index < -0.39 is 9.84 Å². The molecule has 0 aliphatic carbocycles. The van der Waals surface area contributed by atoms with Gasteiger partial charge in [-0.3, -0.25) is 0 Å². The molecule has 0 fully saturated rings. The van der Waals surface area contributed by atoms with E-state index in [4.69, 9.17) is 0 Å². The minimum absolute atomic E-state index is 0.0597. The van der Waals surface area contributed by atoms with E-state index in [1.807, 2.05) is 29.0 Å². The number of thiophene rings is 1. The number of benzene rings is 1. The summed E-state index contributed by atoms with van der Waals surface area (Å²) < 4.78 is 27.7. The number of hydrogen-bond acceptors (Lipinski definition) is 6.